The fourth-order valence-corrected chi connectivity index (χ4v) is 4.67. The van der Waals surface area contributed by atoms with Crippen molar-refractivity contribution in [3.63, 3.8) is 0 Å². The van der Waals surface area contributed by atoms with E-state index in [1.54, 1.807) is 0 Å². The highest BCUT2D eigenvalue weighted by atomic mass is 32.2. The molecule has 0 heterocycles. The van der Waals surface area contributed by atoms with Crippen LogP contribution < -0.4 is 0 Å². The molecule has 0 spiro atoms. The number of hydrogen-bond donors (Lipinski definition) is 0. The minimum Gasteiger partial charge on any atom is -0.308 e. The molecule has 4 nitrogen and oxygen atoms in total. The summed E-state index contributed by atoms with van der Waals surface area (Å²) in [7, 11) is 1.68. The minimum atomic E-state index is -4.49. The number of halogens is 3. The molecule has 0 saturated heterocycles. The summed E-state index contributed by atoms with van der Waals surface area (Å²) in [5, 5.41) is 0. The Labute approximate surface area is 165 Å². The fourth-order valence-electron chi connectivity index (χ4n) is 3.26. The molecule has 1 aromatic rings. The lowest BCUT2D eigenvalue weighted by Crippen LogP contribution is -2.39. The molecule has 0 aliphatic heterocycles. The summed E-state index contributed by atoms with van der Waals surface area (Å²) >= 11 is 0. The number of alkyl halides is 3. The van der Waals surface area contributed by atoms with Crippen molar-refractivity contribution in [3.05, 3.63) is 29.8 Å². The van der Waals surface area contributed by atoms with E-state index in [-0.39, 0.29) is 16.9 Å². The smallest absolute Gasteiger partial charge is 0.308 e. The molecular formula is C20H27F3N2O2S. The molecule has 0 atom stereocenters. The molecule has 1 saturated carbocycles. The number of hydrogen-bond acceptors (Lipinski definition) is 3. The lowest BCUT2D eigenvalue weighted by molar-refractivity contribution is -0.137. The molecule has 0 radical (unpaired) electrons. The van der Waals surface area contributed by atoms with Crippen molar-refractivity contribution in [1.29, 1.82) is 0 Å². The van der Waals surface area contributed by atoms with Crippen LogP contribution in [0.15, 0.2) is 29.2 Å². The Morgan fingerprint density at radius 3 is 2.11 bits per heavy atom. The average Bonchev–Trinajstić information content (AvgIpc) is 2.64. The summed E-state index contributed by atoms with van der Waals surface area (Å²) in [4.78, 5) is 1.96. The zero-order chi connectivity index (χ0) is 20.9. The molecule has 8 heteroatoms. The van der Waals surface area contributed by atoms with Crippen molar-refractivity contribution in [2.75, 3.05) is 27.7 Å². The molecular weight excluding hydrogens is 389 g/mol. The maximum absolute atomic E-state index is 12.8. The Bertz CT molecular complexity index is 801. The quantitative estimate of drug-likeness (QED) is 0.685. The van der Waals surface area contributed by atoms with E-state index in [4.69, 9.17) is 0 Å². The highest BCUT2D eigenvalue weighted by Gasteiger charge is 2.33. The summed E-state index contributed by atoms with van der Waals surface area (Å²) in [6.45, 7) is 0.913. The van der Waals surface area contributed by atoms with Gasteiger partial charge in [-0.1, -0.05) is 5.92 Å². The van der Waals surface area contributed by atoms with Gasteiger partial charge in [0.15, 0.2) is 0 Å². The first-order valence-corrected chi connectivity index (χ1v) is 10.7. The van der Waals surface area contributed by atoms with Gasteiger partial charge >= 0.3 is 6.18 Å². The van der Waals surface area contributed by atoms with Crippen LogP contribution in [0.2, 0.25) is 0 Å². The van der Waals surface area contributed by atoms with Gasteiger partial charge in [-0.05, 0) is 64.0 Å². The van der Waals surface area contributed by atoms with Crippen LogP contribution in [-0.2, 0) is 16.2 Å². The van der Waals surface area contributed by atoms with Crippen LogP contribution in [0.5, 0.6) is 0 Å². The summed E-state index contributed by atoms with van der Waals surface area (Å²) in [5.74, 6) is 6.74. The Morgan fingerprint density at radius 1 is 1.04 bits per heavy atom. The Hall–Kier alpha value is -1.56. The molecule has 0 bridgehead atoms. The van der Waals surface area contributed by atoms with E-state index in [1.807, 2.05) is 14.1 Å². The number of nitrogens with zero attached hydrogens (tertiary/aromatic N) is 2. The van der Waals surface area contributed by atoms with Crippen LogP contribution in [0.25, 0.3) is 0 Å². The zero-order valence-electron chi connectivity index (χ0n) is 16.5. The van der Waals surface area contributed by atoms with Crippen molar-refractivity contribution in [3.8, 4) is 11.8 Å². The predicted octanol–water partition coefficient (Wildman–Crippen LogP) is 3.84. The van der Waals surface area contributed by atoms with Crippen LogP contribution >= 0.6 is 0 Å². The second-order valence-corrected chi connectivity index (χ2v) is 9.42. The maximum atomic E-state index is 12.8. The molecule has 2 rings (SSSR count). The van der Waals surface area contributed by atoms with Gasteiger partial charge in [0.2, 0.25) is 10.0 Å². The standard InChI is InChI=1S/C20H27F3N2O2S/c1-24(2)15-5-4-6-16-7-11-18(12-8-16)25(3)28(26,27)19-13-9-17(10-14-19)20(21,22)23/h9-10,13-14,16,18H,5,7-8,11-12,15H2,1-3H3/t16-,18-. The average molecular weight is 417 g/mol. The Balaban J connectivity index is 1.97. The van der Waals surface area contributed by atoms with Gasteiger partial charge < -0.3 is 4.90 Å². The number of sulfonamides is 1. The van der Waals surface area contributed by atoms with Gasteiger partial charge in [-0.25, -0.2) is 8.42 Å². The second-order valence-electron chi connectivity index (χ2n) is 7.42. The summed E-state index contributed by atoms with van der Waals surface area (Å²) in [6, 6.07) is 3.50. The van der Waals surface area contributed by atoms with Crippen LogP contribution in [0.1, 0.15) is 37.7 Å². The van der Waals surface area contributed by atoms with Crippen molar-refractivity contribution in [2.45, 2.75) is 49.2 Å². The van der Waals surface area contributed by atoms with Crippen molar-refractivity contribution in [2.24, 2.45) is 5.92 Å². The Kier molecular flexibility index (Phi) is 7.54. The van der Waals surface area contributed by atoms with Gasteiger partial charge in [0.05, 0.1) is 10.5 Å². The first kappa shape index (κ1) is 22.7. The largest absolute Gasteiger partial charge is 0.416 e. The topological polar surface area (TPSA) is 40.6 Å². The molecule has 0 N–H and O–H groups in total. The molecule has 0 unspecified atom stereocenters. The lowest BCUT2D eigenvalue weighted by atomic mass is 9.86. The van der Waals surface area contributed by atoms with Gasteiger partial charge in [-0.3, -0.25) is 0 Å². The second kappa shape index (κ2) is 9.29. The third-order valence-corrected chi connectivity index (χ3v) is 6.98. The molecule has 156 valence electrons. The monoisotopic (exact) mass is 416 g/mol. The first-order chi connectivity index (χ1) is 13.0. The highest BCUT2D eigenvalue weighted by Crippen LogP contribution is 2.32. The molecule has 0 amide bonds. The SMILES string of the molecule is CN(C)CCC#C[C@H]1CC[C@H](N(C)S(=O)(=O)c2ccc(C(F)(F)F)cc2)CC1. The third kappa shape index (κ3) is 5.97. The third-order valence-electron chi connectivity index (χ3n) is 5.06. The molecule has 1 aromatic carbocycles. The molecule has 0 aromatic heterocycles. The first-order valence-electron chi connectivity index (χ1n) is 9.30. The van der Waals surface area contributed by atoms with E-state index in [1.165, 1.54) is 11.4 Å². The number of benzene rings is 1. The van der Waals surface area contributed by atoms with Gasteiger partial charge in [0, 0.05) is 32.0 Å². The van der Waals surface area contributed by atoms with Crippen LogP contribution in [-0.4, -0.2) is 51.4 Å². The summed E-state index contributed by atoms with van der Waals surface area (Å²) in [5.41, 5.74) is -0.859. The summed E-state index contributed by atoms with van der Waals surface area (Å²) in [6.07, 6.45) is -0.624. The van der Waals surface area contributed by atoms with Crippen molar-refractivity contribution >= 4 is 10.0 Å². The molecule has 1 aliphatic rings. The van der Waals surface area contributed by atoms with Crippen molar-refractivity contribution < 1.29 is 21.6 Å². The predicted molar refractivity (Wildman–Crippen MR) is 103 cm³/mol. The maximum Gasteiger partial charge on any atom is 0.416 e. The van der Waals surface area contributed by atoms with Gasteiger partial charge in [0.25, 0.3) is 0 Å². The van der Waals surface area contributed by atoms with Gasteiger partial charge in [0.1, 0.15) is 0 Å². The van der Waals surface area contributed by atoms with E-state index in [0.29, 0.717) is 12.8 Å². The molecule has 28 heavy (non-hydrogen) atoms. The van der Waals surface area contributed by atoms with Crippen LogP contribution in [0.4, 0.5) is 13.2 Å². The van der Waals surface area contributed by atoms with E-state index >= 15 is 0 Å². The number of rotatable bonds is 5. The van der Waals surface area contributed by atoms with Gasteiger partial charge in [-0.2, -0.15) is 17.5 Å². The van der Waals surface area contributed by atoms with E-state index < -0.39 is 21.8 Å². The minimum absolute atomic E-state index is 0.117. The molecule has 1 fully saturated rings. The van der Waals surface area contributed by atoms with Gasteiger partial charge in [-0.15, -0.1) is 5.92 Å². The van der Waals surface area contributed by atoms with Crippen LogP contribution in [0.3, 0.4) is 0 Å². The molecule has 1 aliphatic carbocycles. The summed E-state index contributed by atoms with van der Waals surface area (Å²) < 4.78 is 64.9. The van der Waals surface area contributed by atoms with E-state index in [0.717, 1.165) is 50.1 Å². The van der Waals surface area contributed by atoms with Crippen LogP contribution in [0, 0.1) is 17.8 Å². The zero-order valence-corrected chi connectivity index (χ0v) is 17.3. The van der Waals surface area contributed by atoms with E-state index in [9.17, 15) is 21.6 Å². The van der Waals surface area contributed by atoms with E-state index in [2.05, 4.69) is 16.7 Å². The van der Waals surface area contributed by atoms with Crippen molar-refractivity contribution in [1.82, 2.24) is 9.21 Å². The lowest BCUT2D eigenvalue weighted by Gasteiger charge is -2.32. The fraction of sp³-hybridized carbons (Fsp3) is 0.600. The highest BCUT2D eigenvalue weighted by molar-refractivity contribution is 7.89. The normalized spacial score (nSPS) is 20.9. The Morgan fingerprint density at radius 2 is 1.61 bits per heavy atom.